The Morgan fingerprint density at radius 2 is 2.00 bits per heavy atom. The van der Waals surface area contributed by atoms with Crippen LogP contribution >= 0.6 is 11.6 Å². The number of rotatable bonds is 4. The Balaban J connectivity index is 1.59. The number of benzene rings is 1. The molecular formula is C24H23ClF3N3O3. The zero-order valence-electron chi connectivity index (χ0n) is 18.2. The number of fused-ring (bicyclic) bond motifs is 1. The summed E-state index contributed by atoms with van der Waals surface area (Å²) in [6.45, 7) is 0.680. The quantitative estimate of drug-likeness (QED) is 0.592. The number of carbonyl (C=O) groups is 2. The topological polar surface area (TPSA) is 84.2 Å². The number of hydrogen-bond donors (Lipinski definition) is 2. The van der Waals surface area contributed by atoms with Gasteiger partial charge in [0.2, 0.25) is 0 Å². The van der Waals surface area contributed by atoms with Gasteiger partial charge in [0, 0.05) is 6.54 Å². The molecule has 1 aromatic heterocycles. The standard InChI is InChI=1S/C24H23ClF3N3O3/c25-16-4-1-3-15(23(10-11-23)24(26,27)28)18(16)21(32)31-17-5-2-12-29-20(17)19(30-31)13-6-8-14(9-7-13)22(33)34/h1,3-4,6,14,29H,2,5,7-12H2,(H,33,34). The molecule has 2 heterocycles. The molecule has 1 fully saturated rings. The normalized spacial score (nSPS) is 21.3. The van der Waals surface area contributed by atoms with E-state index in [2.05, 4.69) is 10.4 Å². The third-order valence-electron chi connectivity index (χ3n) is 7.17. The number of carboxylic acids is 1. The SMILES string of the molecule is O=C(O)C1CC=C(c2nn(C(=O)c3c(Cl)cccc3C3(C(F)(F)F)CC3)c3c2NCCC3)CC1. The van der Waals surface area contributed by atoms with Gasteiger partial charge in [0.05, 0.1) is 33.3 Å². The van der Waals surface area contributed by atoms with Crippen molar-refractivity contribution in [3.05, 3.63) is 51.8 Å². The van der Waals surface area contributed by atoms with Gasteiger partial charge in [-0.3, -0.25) is 9.59 Å². The van der Waals surface area contributed by atoms with Crippen LogP contribution in [0.1, 0.15) is 65.8 Å². The summed E-state index contributed by atoms with van der Waals surface area (Å²) in [7, 11) is 0. The highest BCUT2D eigenvalue weighted by Crippen LogP contribution is 2.60. The van der Waals surface area contributed by atoms with E-state index in [1.165, 1.54) is 22.9 Å². The number of nitrogens with one attached hydrogen (secondary N) is 1. The molecule has 0 amide bonds. The molecule has 0 saturated heterocycles. The Morgan fingerprint density at radius 1 is 1.24 bits per heavy atom. The molecule has 0 bridgehead atoms. The van der Waals surface area contributed by atoms with Crippen molar-refractivity contribution < 1.29 is 27.9 Å². The zero-order chi connectivity index (χ0) is 24.3. The van der Waals surface area contributed by atoms with E-state index >= 15 is 0 Å². The summed E-state index contributed by atoms with van der Waals surface area (Å²) in [6.07, 6.45) is -0.231. The largest absolute Gasteiger partial charge is 0.481 e. The number of anilines is 1. The van der Waals surface area contributed by atoms with E-state index in [0.29, 0.717) is 49.3 Å². The Hall–Kier alpha value is -2.81. The van der Waals surface area contributed by atoms with Gasteiger partial charge in [-0.25, -0.2) is 0 Å². The van der Waals surface area contributed by atoms with Crippen molar-refractivity contribution in [3.63, 3.8) is 0 Å². The first kappa shape index (κ1) is 23.0. The molecule has 2 aromatic rings. The van der Waals surface area contributed by atoms with Crippen LogP contribution in [0.25, 0.3) is 5.57 Å². The number of halogens is 4. The maximum atomic E-state index is 13.9. The molecule has 1 aromatic carbocycles. The summed E-state index contributed by atoms with van der Waals surface area (Å²) < 4.78 is 43.0. The molecule has 10 heteroatoms. The van der Waals surface area contributed by atoms with Crippen molar-refractivity contribution in [2.24, 2.45) is 5.92 Å². The lowest BCUT2D eigenvalue weighted by Gasteiger charge is -2.23. The van der Waals surface area contributed by atoms with E-state index in [1.54, 1.807) is 0 Å². The van der Waals surface area contributed by atoms with Crippen molar-refractivity contribution in [2.75, 3.05) is 11.9 Å². The number of aliphatic carboxylic acids is 1. The van der Waals surface area contributed by atoms with E-state index in [4.69, 9.17) is 11.6 Å². The lowest BCUT2D eigenvalue weighted by molar-refractivity contribution is -0.160. The maximum Gasteiger partial charge on any atom is 0.398 e. The molecule has 0 spiro atoms. The summed E-state index contributed by atoms with van der Waals surface area (Å²) in [5.41, 5.74) is 0.355. The molecule has 180 valence electrons. The van der Waals surface area contributed by atoms with Gasteiger partial charge in [0.1, 0.15) is 5.69 Å². The van der Waals surface area contributed by atoms with Crippen molar-refractivity contribution in [1.29, 1.82) is 0 Å². The fourth-order valence-electron chi connectivity index (χ4n) is 5.08. The van der Waals surface area contributed by atoms with Gasteiger partial charge in [0.25, 0.3) is 5.91 Å². The molecule has 1 saturated carbocycles. The highest BCUT2D eigenvalue weighted by atomic mass is 35.5. The minimum Gasteiger partial charge on any atom is -0.481 e. The number of alkyl halides is 3. The predicted molar refractivity (Wildman–Crippen MR) is 120 cm³/mol. The van der Waals surface area contributed by atoms with E-state index in [1.807, 2.05) is 6.08 Å². The van der Waals surface area contributed by atoms with E-state index in [-0.39, 0.29) is 29.0 Å². The van der Waals surface area contributed by atoms with Crippen LogP contribution in [-0.4, -0.2) is 39.5 Å². The van der Waals surface area contributed by atoms with Crippen LogP contribution in [0.4, 0.5) is 18.9 Å². The summed E-state index contributed by atoms with van der Waals surface area (Å²) >= 11 is 6.33. The molecule has 1 unspecified atom stereocenters. The maximum absolute atomic E-state index is 13.9. The number of carbonyl (C=O) groups excluding carboxylic acids is 1. The Bertz CT molecular complexity index is 1210. The number of hydrogen-bond acceptors (Lipinski definition) is 4. The second-order valence-electron chi connectivity index (χ2n) is 9.20. The first-order chi connectivity index (χ1) is 16.1. The first-order valence-corrected chi connectivity index (χ1v) is 11.7. The van der Waals surface area contributed by atoms with Crippen molar-refractivity contribution in [2.45, 2.75) is 56.5 Å². The second kappa shape index (κ2) is 8.15. The zero-order valence-corrected chi connectivity index (χ0v) is 19.0. The molecular weight excluding hydrogens is 471 g/mol. The lowest BCUT2D eigenvalue weighted by Crippen LogP contribution is -2.32. The molecule has 1 aliphatic heterocycles. The monoisotopic (exact) mass is 493 g/mol. The third-order valence-corrected chi connectivity index (χ3v) is 7.48. The molecule has 6 nitrogen and oxygen atoms in total. The predicted octanol–water partition coefficient (Wildman–Crippen LogP) is 5.45. The Labute approximate surface area is 198 Å². The number of aromatic nitrogens is 2. The van der Waals surface area contributed by atoms with Gasteiger partial charge in [-0.2, -0.15) is 23.0 Å². The molecule has 2 aliphatic carbocycles. The van der Waals surface area contributed by atoms with Crippen LogP contribution in [-0.2, 0) is 16.6 Å². The highest BCUT2D eigenvalue weighted by Gasteiger charge is 2.65. The Morgan fingerprint density at radius 3 is 2.62 bits per heavy atom. The highest BCUT2D eigenvalue weighted by molar-refractivity contribution is 6.34. The molecule has 2 N–H and O–H groups in total. The summed E-state index contributed by atoms with van der Waals surface area (Å²) in [5.74, 6) is -1.98. The minimum atomic E-state index is -4.49. The average molecular weight is 494 g/mol. The van der Waals surface area contributed by atoms with Gasteiger partial charge in [-0.05, 0) is 62.1 Å². The number of carboxylic acid groups (broad SMARTS) is 1. The summed E-state index contributed by atoms with van der Waals surface area (Å²) in [4.78, 5) is 25.0. The third kappa shape index (κ3) is 3.61. The van der Waals surface area contributed by atoms with Gasteiger partial charge >= 0.3 is 12.1 Å². The van der Waals surface area contributed by atoms with Crippen LogP contribution in [0.15, 0.2) is 24.3 Å². The molecule has 1 atom stereocenters. The Kier molecular flexibility index (Phi) is 5.50. The lowest BCUT2D eigenvalue weighted by atomic mass is 9.88. The van der Waals surface area contributed by atoms with Crippen molar-refractivity contribution >= 4 is 34.7 Å². The van der Waals surface area contributed by atoms with Gasteiger partial charge in [-0.1, -0.05) is 29.8 Å². The fourth-order valence-corrected chi connectivity index (χ4v) is 5.34. The van der Waals surface area contributed by atoms with Crippen LogP contribution < -0.4 is 5.32 Å². The molecule has 5 rings (SSSR count). The number of allylic oxidation sites excluding steroid dienone is 2. The molecule has 0 radical (unpaired) electrons. The van der Waals surface area contributed by atoms with Crippen LogP contribution in [0.2, 0.25) is 5.02 Å². The first-order valence-electron chi connectivity index (χ1n) is 11.3. The van der Waals surface area contributed by atoms with E-state index in [9.17, 15) is 27.9 Å². The second-order valence-corrected chi connectivity index (χ2v) is 9.61. The number of nitrogens with zero attached hydrogens (tertiary/aromatic N) is 2. The minimum absolute atomic E-state index is 0.0335. The van der Waals surface area contributed by atoms with Gasteiger partial charge in [0.15, 0.2) is 0 Å². The fraction of sp³-hybridized carbons (Fsp3) is 0.458. The molecule has 34 heavy (non-hydrogen) atoms. The van der Waals surface area contributed by atoms with Crippen LogP contribution in [0.5, 0.6) is 0 Å². The summed E-state index contributed by atoms with van der Waals surface area (Å²) in [6, 6.07) is 4.21. The van der Waals surface area contributed by atoms with E-state index in [0.717, 1.165) is 12.0 Å². The average Bonchev–Trinajstić information content (AvgIpc) is 3.54. The van der Waals surface area contributed by atoms with Crippen LogP contribution in [0.3, 0.4) is 0 Å². The van der Waals surface area contributed by atoms with Gasteiger partial charge < -0.3 is 10.4 Å². The van der Waals surface area contributed by atoms with Crippen molar-refractivity contribution in [3.8, 4) is 0 Å². The summed E-state index contributed by atoms with van der Waals surface area (Å²) in [5, 5.41) is 17.1. The van der Waals surface area contributed by atoms with E-state index < -0.39 is 29.4 Å². The molecule has 3 aliphatic rings. The van der Waals surface area contributed by atoms with Crippen molar-refractivity contribution in [1.82, 2.24) is 9.78 Å². The smallest absolute Gasteiger partial charge is 0.398 e. The van der Waals surface area contributed by atoms with Crippen LogP contribution in [0, 0.1) is 5.92 Å². The van der Waals surface area contributed by atoms with Gasteiger partial charge in [-0.15, -0.1) is 0 Å².